The van der Waals surface area contributed by atoms with Crippen LogP contribution in [0.25, 0.3) is 28.0 Å². The lowest BCUT2D eigenvalue weighted by Crippen LogP contribution is -2.40. The Hall–Kier alpha value is -4.98. The molecule has 2 heterocycles. The SMILES string of the molecule is CNC(=O)c1c(-c2ccc(F)cc2)nc2ccc(-c3cc(C(=O)NC(C)(C)c4ccccc4)ccc3OC)cn12. The van der Waals surface area contributed by atoms with Crippen LogP contribution in [0, 0.1) is 5.82 Å². The van der Waals surface area contributed by atoms with Crippen LogP contribution in [0.1, 0.15) is 40.3 Å². The number of methoxy groups -OCH3 is 1. The Morgan fingerprint density at radius 3 is 2.27 bits per heavy atom. The van der Waals surface area contributed by atoms with E-state index in [2.05, 4.69) is 15.6 Å². The van der Waals surface area contributed by atoms with Gasteiger partial charge in [-0.2, -0.15) is 0 Å². The summed E-state index contributed by atoms with van der Waals surface area (Å²) in [6.45, 7) is 3.91. The van der Waals surface area contributed by atoms with Gasteiger partial charge in [-0.1, -0.05) is 30.3 Å². The van der Waals surface area contributed by atoms with Crippen LogP contribution in [0.3, 0.4) is 0 Å². The molecule has 3 aromatic carbocycles. The zero-order valence-corrected chi connectivity index (χ0v) is 22.7. The Morgan fingerprint density at radius 2 is 1.60 bits per heavy atom. The molecule has 5 aromatic rings. The van der Waals surface area contributed by atoms with Gasteiger partial charge in [0.2, 0.25) is 0 Å². The first-order valence-corrected chi connectivity index (χ1v) is 12.8. The number of benzene rings is 3. The fourth-order valence-electron chi connectivity index (χ4n) is 4.71. The maximum absolute atomic E-state index is 13.6. The zero-order valence-electron chi connectivity index (χ0n) is 22.7. The number of ether oxygens (including phenoxy) is 1. The number of fused-ring (bicyclic) bond motifs is 1. The molecular weight excluding hydrogens is 507 g/mol. The summed E-state index contributed by atoms with van der Waals surface area (Å²) in [6.07, 6.45) is 1.79. The van der Waals surface area contributed by atoms with E-state index in [-0.39, 0.29) is 17.6 Å². The van der Waals surface area contributed by atoms with Crippen LogP contribution in [0.4, 0.5) is 4.39 Å². The molecule has 0 radical (unpaired) electrons. The van der Waals surface area contributed by atoms with Crippen molar-refractivity contribution in [2.75, 3.05) is 14.2 Å². The Bertz CT molecular complexity index is 1710. The van der Waals surface area contributed by atoms with Crippen LogP contribution in [0.2, 0.25) is 0 Å². The molecule has 0 fully saturated rings. The molecule has 0 atom stereocenters. The smallest absolute Gasteiger partial charge is 0.270 e. The summed E-state index contributed by atoms with van der Waals surface area (Å²) >= 11 is 0. The van der Waals surface area contributed by atoms with Crippen molar-refractivity contribution in [1.82, 2.24) is 20.0 Å². The number of nitrogens with zero attached hydrogens (tertiary/aromatic N) is 2. The highest BCUT2D eigenvalue weighted by atomic mass is 19.1. The number of carbonyl (C=O) groups excluding carboxylic acids is 2. The molecule has 5 rings (SSSR count). The lowest BCUT2D eigenvalue weighted by Gasteiger charge is -2.27. The number of halogens is 1. The lowest BCUT2D eigenvalue weighted by atomic mass is 9.93. The molecule has 0 aliphatic carbocycles. The zero-order chi connectivity index (χ0) is 28.4. The maximum Gasteiger partial charge on any atom is 0.270 e. The highest BCUT2D eigenvalue weighted by molar-refractivity contribution is 6.00. The van der Waals surface area contributed by atoms with Crippen LogP contribution >= 0.6 is 0 Å². The molecule has 40 heavy (non-hydrogen) atoms. The summed E-state index contributed by atoms with van der Waals surface area (Å²) in [5.41, 5.74) is 4.15. The lowest BCUT2D eigenvalue weighted by molar-refractivity contribution is 0.0910. The van der Waals surface area contributed by atoms with E-state index in [9.17, 15) is 14.0 Å². The highest BCUT2D eigenvalue weighted by Gasteiger charge is 2.25. The molecule has 7 nitrogen and oxygen atoms in total. The van der Waals surface area contributed by atoms with E-state index in [0.717, 1.165) is 11.1 Å². The second-order valence-corrected chi connectivity index (χ2v) is 9.90. The number of hydrogen-bond donors (Lipinski definition) is 2. The molecule has 8 heteroatoms. The highest BCUT2D eigenvalue weighted by Crippen LogP contribution is 2.33. The van der Waals surface area contributed by atoms with Crippen LogP contribution in [-0.2, 0) is 5.54 Å². The summed E-state index contributed by atoms with van der Waals surface area (Å²) in [4.78, 5) is 31.0. The minimum atomic E-state index is -0.590. The van der Waals surface area contributed by atoms with E-state index in [1.807, 2.05) is 50.2 Å². The Morgan fingerprint density at radius 1 is 0.900 bits per heavy atom. The Kier molecular flexibility index (Phi) is 7.09. The first-order chi connectivity index (χ1) is 19.2. The van der Waals surface area contributed by atoms with Crippen molar-refractivity contribution in [2.24, 2.45) is 0 Å². The van der Waals surface area contributed by atoms with Gasteiger partial charge in [-0.3, -0.25) is 14.0 Å². The van der Waals surface area contributed by atoms with Crippen molar-refractivity contribution in [3.8, 4) is 28.1 Å². The van der Waals surface area contributed by atoms with Crippen molar-refractivity contribution in [2.45, 2.75) is 19.4 Å². The van der Waals surface area contributed by atoms with E-state index in [1.54, 1.807) is 61.2 Å². The number of pyridine rings is 1. The number of amides is 2. The Balaban J connectivity index is 1.58. The molecule has 0 unspecified atom stereocenters. The monoisotopic (exact) mass is 536 g/mol. The third kappa shape index (κ3) is 5.03. The number of hydrogen-bond acceptors (Lipinski definition) is 4. The van der Waals surface area contributed by atoms with Gasteiger partial charge in [-0.15, -0.1) is 0 Å². The average Bonchev–Trinajstić information content (AvgIpc) is 3.35. The van der Waals surface area contributed by atoms with Crippen molar-refractivity contribution < 1.29 is 18.7 Å². The second kappa shape index (κ2) is 10.6. The fourth-order valence-corrected chi connectivity index (χ4v) is 4.71. The summed E-state index contributed by atoms with van der Waals surface area (Å²) in [6, 6.07) is 24.5. The summed E-state index contributed by atoms with van der Waals surface area (Å²) in [5, 5.41) is 5.79. The molecule has 0 saturated heterocycles. The number of rotatable bonds is 7. The van der Waals surface area contributed by atoms with Crippen molar-refractivity contribution in [1.29, 1.82) is 0 Å². The van der Waals surface area contributed by atoms with Gasteiger partial charge in [-0.05, 0) is 74.0 Å². The molecule has 2 amide bonds. The summed E-state index contributed by atoms with van der Waals surface area (Å²) in [5.74, 6) is -0.378. The first kappa shape index (κ1) is 26.6. The number of imidazole rings is 1. The van der Waals surface area contributed by atoms with Gasteiger partial charge in [0, 0.05) is 35.5 Å². The number of aromatic nitrogens is 2. The predicted octanol–water partition coefficient (Wildman–Crippen LogP) is 5.84. The Labute approximate surface area is 231 Å². The van der Waals surface area contributed by atoms with Gasteiger partial charge in [0.15, 0.2) is 0 Å². The normalized spacial score (nSPS) is 11.3. The molecule has 0 aliphatic rings. The molecular formula is C32H29FN4O3. The fraction of sp³-hybridized carbons (Fsp3) is 0.156. The van der Waals surface area contributed by atoms with E-state index < -0.39 is 5.54 Å². The van der Waals surface area contributed by atoms with Gasteiger partial charge in [0.05, 0.1) is 12.6 Å². The molecule has 2 aromatic heterocycles. The van der Waals surface area contributed by atoms with Crippen molar-refractivity contribution >= 4 is 17.5 Å². The molecule has 0 saturated carbocycles. The minimum absolute atomic E-state index is 0.230. The van der Waals surface area contributed by atoms with Gasteiger partial charge in [-0.25, -0.2) is 9.37 Å². The largest absolute Gasteiger partial charge is 0.496 e. The van der Waals surface area contributed by atoms with Gasteiger partial charge < -0.3 is 15.4 Å². The van der Waals surface area contributed by atoms with Crippen molar-refractivity contribution in [3.63, 3.8) is 0 Å². The van der Waals surface area contributed by atoms with Crippen molar-refractivity contribution in [3.05, 3.63) is 114 Å². The van der Waals surface area contributed by atoms with Gasteiger partial charge in [0.25, 0.3) is 11.8 Å². The molecule has 0 aliphatic heterocycles. The summed E-state index contributed by atoms with van der Waals surface area (Å²) < 4.78 is 20.9. The molecule has 0 bridgehead atoms. The standard InChI is InChI=1S/C32H29FN4O3/c1-32(2,23-8-6-5-7-9-23)36-30(38)21-12-16-26(40-4)25(18-21)22-13-17-27-35-28(20-10-14-24(33)15-11-20)29(31(39)34-3)37(27)19-22/h5-19H,1-4H3,(H,34,39)(H,36,38). The van der Waals surface area contributed by atoms with Crippen LogP contribution in [-0.4, -0.2) is 35.4 Å². The van der Waals surface area contributed by atoms with Crippen LogP contribution in [0.5, 0.6) is 5.75 Å². The molecule has 0 spiro atoms. The number of carbonyl (C=O) groups is 2. The second-order valence-electron chi connectivity index (χ2n) is 9.90. The van der Waals surface area contributed by atoms with Crippen LogP contribution in [0.15, 0.2) is 91.1 Å². The predicted molar refractivity (Wildman–Crippen MR) is 153 cm³/mol. The van der Waals surface area contributed by atoms with E-state index in [1.165, 1.54) is 12.1 Å². The quantitative estimate of drug-likeness (QED) is 0.274. The van der Waals surface area contributed by atoms with Gasteiger partial charge >= 0.3 is 0 Å². The third-order valence-corrected chi connectivity index (χ3v) is 6.87. The summed E-state index contributed by atoms with van der Waals surface area (Å²) in [7, 11) is 3.11. The number of nitrogens with one attached hydrogen (secondary N) is 2. The topological polar surface area (TPSA) is 84.7 Å². The third-order valence-electron chi connectivity index (χ3n) is 6.87. The maximum atomic E-state index is 13.6. The first-order valence-electron chi connectivity index (χ1n) is 12.8. The molecule has 202 valence electrons. The average molecular weight is 537 g/mol. The minimum Gasteiger partial charge on any atom is -0.496 e. The van der Waals surface area contributed by atoms with E-state index >= 15 is 0 Å². The van der Waals surface area contributed by atoms with Crippen LogP contribution < -0.4 is 15.4 Å². The van der Waals surface area contributed by atoms with E-state index in [0.29, 0.717) is 39.5 Å². The van der Waals surface area contributed by atoms with E-state index in [4.69, 9.17) is 4.74 Å². The molecule has 2 N–H and O–H groups in total. The van der Waals surface area contributed by atoms with Gasteiger partial charge in [0.1, 0.15) is 28.6 Å².